The van der Waals surface area contributed by atoms with Gasteiger partial charge in [-0.3, -0.25) is 4.79 Å². The molecular weight excluding hydrogens is 364 g/mol. The molecule has 2 aromatic carbocycles. The lowest BCUT2D eigenvalue weighted by Crippen LogP contribution is -2.48. The van der Waals surface area contributed by atoms with Crippen LogP contribution in [0.25, 0.3) is 10.9 Å². The Morgan fingerprint density at radius 3 is 2.56 bits per heavy atom. The Balaban J connectivity index is 1.79. The summed E-state index contributed by atoms with van der Waals surface area (Å²) in [5.41, 5.74) is 3.55. The molecule has 0 radical (unpaired) electrons. The van der Waals surface area contributed by atoms with Gasteiger partial charge in [0.15, 0.2) is 0 Å². The molecule has 0 saturated carbocycles. The monoisotopic (exact) mass is 384 g/mol. The summed E-state index contributed by atoms with van der Waals surface area (Å²) >= 11 is 0. The first-order chi connectivity index (χ1) is 12.9. The van der Waals surface area contributed by atoms with E-state index in [2.05, 4.69) is 4.98 Å². The van der Waals surface area contributed by atoms with Gasteiger partial charge in [-0.2, -0.15) is 4.31 Å². The van der Waals surface area contributed by atoms with E-state index in [1.54, 1.807) is 24.3 Å². The average molecular weight is 384 g/mol. The smallest absolute Gasteiger partial charge is 0.322 e. The van der Waals surface area contributed by atoms with Crippen LogP contribution in [0, 0.1) is 0 Å². The van der Waals surface area contributed by atoms with Crippen LogP contribution in [-0.2, 0) is 34.2 Å². The second-order valence-electron chi connectivity index (χ2n) is 6.73. The van der Waals surface area contributed by atoms with Crippen molar-refractivity contribution in [1.29, 1.82) is 0 Å². The molecule has 0 fully saturated rings. The number of para-hydroxylation sites is 1. The number of aryl methyl sites for hydroxylation is 1. The first-order valence-corrected chi connectivity index (χ1v) is 10.3. The number of rotatable bonds is 4. The average Bonchev–Trinajstić information content (AvgIpc) is 3.04. The van der Waals surface area contributed by atoms with Crippen LogP contribution < -0.4 is 0 Å². The van der Waals surface area contributed by atoms with E-state index in [0.29, 0.717) is 0 Å². The van der Waals surface area contributed by atoms with Crippen LogP contribution in [0.15, 0.2) is 53.4 Å². The molecular formula is C20H20N2O4S. The Kier molecular flexibility index (Phi) is 4.28. The van der Waals surface area contributed by atoms with Gasteiger partial charge in [0.2, 0.25) is 10.0 Å². The summed E-state index contributed by atoms with van der Waals surface area (Å²) in [6, 6.07) is 13.1. The lowest BCUT2D eigenvalue weighted by atomic mass is 9.99. The van der Waals surface area contributed by atoms with E-state index in [1.165, 1.54) is 0 Å². The molecule has 2 N–H and O–H groups in total. The lowest BCUT2D eigenvalue weighted by molar-refractivity contribution is -0.141. The van der Waals surface area contributed by atoms with E-state index in [4.69, 9.17) is 0 Å². The highest BCUT2D eigenvalue weighted by atomic mass is 32.2. The normalized spacial score (nSPS) is 17.7. The molecule has 4 rings (SSSR count). The van der Waals surface area contributed by atoms with Crippen molar-refractivity contribution in [3.63, 3.8) is 0 Å². The van der Waals surface area contributed by atoms with Crippen molar-refractivity contribution in [3.8, 4) is 0 Å². The second kappa shape index (κ2) is 6.51. The summed E-state index contributed by atoms with van der Waals surface area (Å²) in [4.78, 5) is 15.3. The summed E-state index contributed by atoms with van der Waals surface area (Å²) in [5, 5.41) is 10.7. The van der Waals surface area contributed by atoms with E-state index in [1.807, 2.05) is 31.2 Å². The fourth-order valence-corrected chi connectivity index (χ4v) is 5.23. The topological polar surface area (TPSA) is 90.5 Å². The van der Waals surface area contributed by atoms with Gasteiger partial charge in [-0.05, 0) is 35.7 Å². The van der Waals surface area contributed by atoms with Gasteiger partial charge < -0.3 is 10.1 Å². The van der Waals surface area contributed by atoms with Gasteiger partial charge in [0, 0.05) is 23.0 Å². The van der Waals surface area contributed by atoms with Crippen molar-refractivity contribution in [3.05, 3.63) is 65.4 Å². The van der Waals surface area contributed by atoms with Gasteiger partial charge in [0.25, 0.3) is 0 Å². The van der Waals surface area contributed by atoms with Crippen molar-refractivity contribution in [2.75, 3.05) is 0 Å². The molecule has 3 aromatic rings. The maximum Gasteiger partial charge on any atom is 0.322 e. The number of carboxylic acids is 1. The Bertz CT molecular complexity index is 1120. The number of aromatic nitrogens is 1. The number of aliphatic carboxylic acids is 1. The number of hydrogen-bond acceptors (Lipinski definition) is 3. The number of nitrogens with one attached hydrogen (secondary N) is 1. The van der Waals surface area contributed by atoms with E-state index in [-0.39, 0.29) is 17.9 Å². The number of nitrogens with zero attached hydrogens (tertiary/aromatic N) is 1. The van der Waals surface area contributed by atoms with Gasteiger partial charge in [0.1, 0.15) is 6.04 Å². The quantitative estimate of drug-likeness (QED) is 0.724. The minimum atomic E-state index is -3.93. The third kappa shape index (κ3) is 2.93. The van der Waals surface area contributed by atoms with Crippen LogP contribution in [0.4, 0.5) is 0 Å². The van der Waals surface area contributed by atoms with Crippen molar-refractivity contribution in [2.45, 2.75) is 37.2 Å². The van der Waals surface area contributed by atoms with Gasteiger partial charge in [-0.1, -0.05) is 37.3 Å². The first-order valence-electron chi connectivity index (χ1n) is 8.84. The van der Waals surface area contributed by atoms with Crippen LogP contribution in [0.1, 0.15) is 23.7 Å². The highest BCUT2D eigenvalue weighted by Gasteiger charge is 2.40. The predicted molar refractivity (Wildman–Crippen MR) is 102 cm³/mol. The molecule has 140 valence electrons. The molecule has 0 saturated heterocycles. The van der Waals surface area contributed by atoms with Gasteiger partial charge >= 0.3 is 5.97 Å². The van der Waals surface area contributed by atoms with Crippen LogP contribution in [0.3, 0.4) is 0 Å². The standard InChI is InChI=1S/C20H20N2O4S/c1-2-13-7-9-14(10-8-13)27(25,26)22-12-18-16(11-19(22)20(23)24)15-5-3-4-6-17(15)21-18/h3-10,19,21H,2,11-12H2,1H3,(H,23,24). The molecule has 2 heterocycles. The maximum absolute atomic E-state index is 13.2. The molecule has 0 aliphatic carbocycles. The predicted octanol–water partition coefficient (Wildman–Crippen LogP) is 2.93. The number of sulfonamides is 1. The van der Waals surface area contributed by atoms with Crippen LogP contribution in [-0.4, -0.2) is 34.8 Å². The molecule has 1 unspecified atom stereocenters. The van der Waals surface area contributed by atoms with Crippen LogP contribution in [0.2, 0.25) is 0 Å². The largest absolute Gasteiger partial charge is 0.480 e. The summed E-state index contributed by atoms with van der Waals surface area (Å²) in [6.45, 7) is 2.00. The third-order valence-electron chi connectivity index (χ3n) is 5.18. The number of H-pyrrole nitrogens is 1. The molecule has 6 nitrogen and oxygen atoms in total. The minimum absolute atomic E-state index is 0.0127. The molecule has 1 atom stereocenters. The molecule has 1 aliphatic heterocycles. The first kappa shape index (κ1) is 17.8. The second-order valence-corrected chi connectivity index (χ2v) is 8.62. The number of fused-ring (bicyclic) bond motifs is 3. The Morgan fingerprint density at radius 2 is 1.89 bits per heavy atom. The fraction of sp³-hybridized carbons (Fsp3) is 0.250. The fourth-order valence-electron chi connectivity index (χ4n) is 3.68. The van der Waals surface area contributed by atoms with Gasteiger partial charge in [0.05, 0.1) is 11.4 Å². The number of hydrogen-bond donors (Lipinski definition) is 2. The maximum atomic E-state index is 13.2. The number of carboxylic acid groups (broad SMARTS) is 1. The third-order valence-corrected chi connectivity index (χ3v) is 7.05. The Labute approximate surface area is 157 Å². The van der Waals surface area contributed by atoms with Gasteiger partial charge in [-0.25, -0.2) is 8.42 Å². The Hall–Kier alpha value is -2.64. The van der Waals surface area contributed by atoms with Crippen LogP contribution >= 0.6 is 0 Å². The van der Waals surface area contributed by atoms with E-state index in [0.717, 1.165) is 38.4 Å². The van der Waals surface area contributed by atoms with E-state index in [9.17, 15) is 18.3 Å². The summed E-state index contributed by atoms with van der Waals surface area (Å²) in [5.74, 6) is -1.14. The van der Waals surface area contributed by atoms with Gasteiger partial charge in [-0.15, -0.1) is 0 Å². The zero-order chi connectivity index (χ0) is 19.2. The molecule has 1 aromatic heterocycles. The molecule has 27 heavy (non-hydrogen) atoms. The molecule has 7 heteroatoms. The number of aromatic amines is 1. The SMILES string of the molecule is CCc1ccc(S(=O)(=O)N2Cc3[nH]c4ccccc4c3CC2C(=O)O)cc1. The zero-order valence-corrected chi connectivity index (χ0v) is 15.7. The molecule has 0 amide bonds. The highest BCUT2D eigenvalue weighted by molar-refractivity contribution is 7.89. The van der Waals surface area contributed by atoms with E-state index >= 15 is 0 Å². The molecule has 1 aliphatic rings. The summed E-state index contributed by atoms with van der Waals surface area (Å²) < 4.78 is 27.4. The highest BCUT2D eigenvalue weighted by Crippen LogP contribution is 2.33. The van der Waals surface area contributed by atoms with Crippen molar-refractivity contribution >= 4 is 26.9 Å². The zero-order valence-electron chi connectivity index (χ0n) is 14.8. The number of benzene rings is 2. The van der Waals surface area contributed by atoms with Crippen molar-refractivity contribution in [2.24, 2.45) is 0 Å². The number of carbonyl (C=O) groups is 1. The van der Waals surface area contributed by atoms with Crippen molar-refractivity contribution in [1.82, 2.24) is 9.29 Å². The summed E-state index contributed by atoms with van der Waals surface area (Å²) in [6.07, 6.45) is 0.946. The van der Waals surface area contributed by atoms with Crippen LogP contribution in [0.5, 0.6) is 0 Å². The lowest BCUT2D eigenvalue weighted by Gasteiger charge is -2.32. The summed E-state index contributed by atoms with van der Waals surface area (Å²) in [7, 11) is -3.93. The molecule has 0 bridgehead atoms. The molecule has 0 spiro atoms. The minimum Gasteiger partial charge on any atom is -0.480 e. The van der Waals surface area contributed by atoms with E-state index < -0.39 is 22.0 Å². The van der Waals surface area contributed by atoms with Crippen molar-refractivity contribution < 1.29 is 18.3 Å². The Morgan fingerprint density at radius 1 is 1.19 bits per heavy atom.